The molecule has 4 rings (SSSR count). The van der Waals surface area contributed by atoms with E-state index in [0.717, 1.165) is 6.26 Å². The standard InChI is InChI=1S/C20H19N5O4S/c1-3-15-17-18(25-24-15)20(26)23-19(22-17)14-10-13(30(2,27)28)7-8-16(14)29-11-12-6-4-5-9-21-12/h4-10H,3,11H2,1-2H3,(H,24,25)(H,22,23,26). The van der Waals surface area contributed by atoms with Crippen LogP contribution in [0.4, 0.5) is 0 Å². The molecule has 1 aromatic carbocycles. The normalized spacial score (nSPS) is 11.7. The number of benzene rings is 1. The first kappa shape index (κ1) is 19.8. The van der Waals surface area contributed by atoms with E-state index in [1.165, 1.54) is 12.1 Å². The molecule has 0 radical (unpaired) electrons. The molecule has 0 saturated heterocycles. The van der Waals surface area contributed by atoms with Crippen LogP contribution in [0.5, 0.6) is 5.75 Å². The predicted molar refractivity (Wildman–Crippen MR) is 111 cm³/mol. The lowest BCUT2D eigenvalue weighted by Gasteiger charge is -2.12. The van der Waals surface area contributed by atoms with Gasteiger partial charge in [-0.2, -0.15) is 5.10 Å². The Morgan fingerprint density at radius 3 is 2.67 bits per heavy atom. The van der Waals surface area contributed by atoms with Gasteiger partial charge in [0.05, 0.1) is 21.8 Å². The number of fused-ring (bicyclic) bond motifs is 1. The lowest BCUT2D eigenvalue weighted by Crippen LogP contribution is -2.11. The van der Waals surface area contributed by atoms with E-state index in [4.69, 9.17) is 4.74 Å². The molecule has 9 nitrogen and oxygen atoms in total. The van der Waals surface area contributed by atoms with Crippen molar-refractivity contribution in [3.63, 3.8) is 0 Å². The molecule has 0 fully saturated rings. The highest BCUT2D eigenvalue weighted by Gasteiger charge is 2.18. The fourth-order valence-corrected chi connectivity index (χ4v) is 3.66. The number of aromatic nitrogens is 5. The highest BCUT2D eigenvalue weighted by molar-refractivity contribution is 7.90. The van der Waals surface area contributed by atoms with Gasteiger partial charge in [0.15, 0.2) is 15.4 Å². The smallest absolute Gasteiger partial charge is 0.279 e. The Balaban J connectivity index is 1.85. The molecule has 0 saturated carbocycles. The summed E-state index contributed by atoms with van der Waals surface area (Å²) in [7, 11) is -3.48. The molecular formula is C20H19N5O4S. The molecule has 4 aromatic rings. The minimum atomic E-state index is -3.48. The average Bonchev–Trinajstić information content (AvgIpc) is 3.16. The fraction of sp³-hybridized carbons (Fsp3) is 0.200. The Kier molecular flexibility index (Phi) is 5.08. The highest BCUT2D eigenvalue weighted by Crippen LogP contribution is 2.31. The topological polar surface area (TPSA) is 131 Å². The summed E-state index contributed by atoms with van der Waals surface area (Å²) < 4.78 is 30.1. The lowest BCUT2D eigenvalue weighted by molar-refractivity contribution is 0.302. The zero-order valence-corrected chi connectivity index (χ0v) is 17.2. The molecule has 0 spiro atoms. The van der Waals surface area contributed by atoms with Gasteiger partial charge in [-0.05, 0) is 36.8 Å². The van der Waals surface area contributed by atoms with Crippen LogP contribution in [0.3, 0.4) is 0 Å². The molecule has 0 aliphatic heterocycles. The first-order valence-electron chi connectivity index (χ1n) is 9.21. The summed E-state index contributed by atoms with van der Waals surface area (Å²) in [6, 6.07) is 9.91. The van der Waals surface area contributed by atoms with Gasteiger partial charge in [-0.25, -0.2) is 13.4 Å². The number of nitrogens with zero attached hydrogens (tertiary/aromatic N) is 3. The summed E-state index contributed by atoms with van der Waals surface area (Å²) in [4.78, 5) is 24.1. The van der Waals surface area contributed by atoms with E-state index in [9.17, 15) is 13.2 Å². The SMILES string of the molecule is CCc1[nH]nc2c(=O)[nH]c(-c3cc(S(C)(=O)=O)ccc3OCc3ccccn3)nc12. The van der Waals surface area contributed by atoms with Crippen molar-refractivity contribution in [2.75, 3.05) is 6.26 Å². The van der Waals surface area contributed by atoms with Gasteiger partial charge >= 0.3 is 0 Å². The molecule has 2 N–H and O–H groups in total. The maximum absolute atomic E-state index is 12.5. The van der Waals surface area contributed by atoms with E-state index in [1.807, 2.05) is 19.1 Å². The number of rotatable bonds is 6. The molecule has 0 bridgehead atoms. The molecule has 0 atom stereocenters. The Morgan fingerprint density at radius 2 is 1.97 bits per heavy atom. The third-order valence-corrected chi connectivity index (χ3v) is 5.68. The monoisotopic (exact) mass is 425 g/mol. The van der Waals surface area contributed by atoms with Gasteiger partial charge in [0.2, 0.25) is 0 Å². The molecular weight excluding hydrogens is 406 g/mol. The predicted octanol–water partition coefficient (Wildman–Crippen LogP) is 2.25. The molecule has 0 amide bonds. The summed E-state index contributed by atoms with van der Waals surface area (Å²) in [5, 5.41) is 6.82. The fourth-order valence-electron chi connectivity index (χ4n) is 3.02. The third-order valence-electron chi connectivity index (χ3n) is 4.57. The van der Waals surface area contributed by atoms with Crippen LogP contribution < -0.4 is 10.3 Å². The molecule has 0 aliphatic carbocycles. The van der Waals surface area contributed by atoms with Crippen LogP contribution in [-0.2, 0) is 22.9 Å². The second-order valence-electron chi connectivity index (χ2n) is 6.71. The minimum absolute atomic E-state index is 0.0911. The Hall–Kier alpha value is -3.53. The van der Waals surface area contributed by atoms with Crippen LogP contribution in [0.15, 0.2) is 52.3 Å². The molecule has 0 unspecified atom stereocenters. The van der Waals surface area contributed by atoms with E-state index >= 15 is 0 Å². The Labute approximate surface area is 172 Å². The number of sulfone groups is 1. The van der Waals surface area contributed by atoms with Gasteiger partial charge in [-0.15, -0.1) is 0 Å². The average molecular weight is 425 g/mol. The van der Waals surface area contributed by atoms with Crippen LogP contribution >= 0.6 is 0 Å². The summed E-state index contributed by atoms with van der Waals surface area (Å²) in [5.41, 5.74) is 1.99. The minimum Gasteiger partial charge on any atom is -0.487 e. The first-order valence-corrected chi connectivity index (χ1v) is 11.1. The van der Waals surface area contributed by atoms with E-state index in [2.05, 4.69) is 25.1 Å². The summed E-state index contributed by atoms with van der Waals surface area (Å²) in [5.74, 6) is 0.571. The van der Waals surface area contributed by atoms with Crippen molar-refractivity contribution in [1.82, 2.24) is 25.1 Å². The number of aryl methyl sites for hydroxylation is 1. The second-order valence-corrected chi connectivity index (χ2v) is 8.72. The van der Waals surface area contributed by atoms with Crippen LogP contribution in [0.1, 0.15) is 18.3 Å². The van der Waals surface area contributed by atoms with Crippen molar-refractivity contribution in [1.29, 1.82) is 0 Å². The molecule has 10 heteroatoms. The van der Waals surface area contributed by atoms with Crippen molar-refractivity contribution >= 4 is 20.9 Å². The Morgan fingerprint density at radius 1 is 1.13 bits per heavy atom. The van der Waals surface area contributed by atoms with Crippen molar-refractivity contribution in [2.45, 2.75) is 24.8 Å². The van der Waals surface area contributed by atoms with Gasteiger partial charge in [0.1, 0.15) is 23.7 Å². The quantitative estimate of drug-likeness (QED) is 0.484. The van der Waals surface area contributed by atoms with Crippen molar-refractivity contribution in [2.24, 2.45) is 0 Å². The largest absolute Gasteiger partial charge is 0.487 e. The number of ether oxygens (including phenoxy) is 1. The first-order chi connectivity index (χ1) is 14.4. The number of hydrogen-bond donors (Lipinski definition) is 2. The van der Waals surface area contributed by atoms with E-state index in [1.54, 1.807) is 18.3 Å². The number of nitrogens with one attached hydrogen (secondary N) is 2. The number of pyridine rings is 1. The zero-order valence-electron chi connectivity index (χ0n) is 16.3. The van der Waals surface area contributed by atoms with Gasteiger partial charge in [-0.3, -0.25) is 14.9 Å². The van der Waals surface area contributed by atoms with Crippen LogP contribution in [0.2, 0.25) is 0 Å². The number of aromatic amines is 2. The van der Waals surface area contributed by atoms with Gasteiger partial charge in [-0.1, -0.05) is 13.0 Å². The van der Waals surface area contributed by atoms with Crippen molar-refractivity contribution in [3.05, 3.63) is 64.3 Å². The van der Waals surface area contributed by atoms with Crippen molar-refractivity contribution < 1.29 is 13.2 Å². The van der Waals surface area contributed by atoms with Crippen LogP contribution in [-0.4, -0.2) is 39.8 Å². The molecule has 30 heavy (non-hydrogen) atoms. The van der Waals surface area contributed by atoms with Crippen molar-refractivity contribution in [3.8, 4) is 17.1 Å². The second kappa shape index (κ2) is 7.71. The zero-order chi connectivity index (χ0) is 21.3. The molecule has 0 aliphatic rings. The highest BCUT2D eigenvalue weighted by atomic mass is 32.2. The third kappa shape index (κ3) is 3.81. The summed E-state index contributed by atoms with van der Waals surface area (Å²) in [6.45, 7) is 2.09. The number of H-pyrrole nitrogens is 2. The lowest BCUT2D eigenvalue weighted by atomic mass is 10.1. The maximum atomic E-state index is 12.5. The molecule has 154 valence electrons. The maximum Gasteiger partial charge on any atom is 0.279 e. The molecule has 3 aromatic heterocycles. The van der Waals surface area contributed by atoms with Crippen LogP contribution in [0.25, 0.3) is 22.4 Å². The van der Waals surface area contributed by atoms with E-state index < -0.39 is 15.4 Å². The van der Waals surface area contributed by atoms with E-state index in [0.29, 0.717) is 34.6 Å². The Bertz CT molecular complexity index is 1380. The summed E-state index contributed by atoms with van der Waals surface area (Å²) in [6.07, 6.45) is 3.38. The molecule has 3 heterocycles. The number of hydrogen-bond acceptors (Lipinski definition) is 7. The van der Waals surface area contributed by atoms with Gasteiger partial charge in [0.25, 0.3) is 5.56 Å². The van der Waals surface area contributed by atoms with Gasteiger partial charge in [0, 0.05) is 12.5 Å². The van der Waals surface area contributed by atoms with Gasteiger partial charge < -0.3 is 9.72 Å². The van der Waals surface area contributed by atoms with Crippen LogP contribution in [0, 0.1) is 0 Å². The van der Waals surface area contributed by atoms with E-state index in [-0.39, 0.29) is 22.8 Å². The summed E-state index contributed by atoms with van der Waals surface area (Å²) >= 11 is 0.